The van der Waals surface area contributed by atoms with Crippen LogP contribution in [0.3, 0.4) is 0 Å². The molecule has 1 aliphatic rings. The third-order valence-electron chi connectivity index (χ3n) is 4.81. The zero-order chi connectivity index (χ0) is 19.6. The van der Waals surface area contributed by atoms with E-state index in [1.807, 2.05) is 4.90 Å². The summed E-state index contributed by atoms with van der Waals surface area (Å²) in [5.74, 6) is 0.642. The van der Waals surface area contributed by atoms with Gasteiger partial charge in [-0.2, -0.15) is 13.2 Å². The normalized spacial score (nSPS) is 18.3. The van der Waals surface area contributed by atoms with Crippen molar-refractivity contribution in [1.82, 2.24) is 19.9 Å². The van der Waals surface area contributed by atoms with Gasteiger partial charge in [-0.3, -0.25) is 9.20 Å². The van der Waals surface area contributed by atoms with Crippen LogP contribution in [0.2, 0.25) is 0 Å². The highest BCUT2D eigenvalue weighted by Gasteiger charge is 2.32. The van der Waals surface area contributed by atoms with Crippen molar-refractivity contribution in [1.29, 1.82) is 0 Å². The number of aromatic nitrogens is 3. The lowest BCUT2D eigenvalue weighted by Crippen LogP contribution is -2.44. The Labute approximate surface area is 155 Å². The van der Waals surface area contributed by atoms with E-state index in [1.165, 1.54) is 10.5 Å². The van der Waals surface area contributed by atoms with Gasteiger partial charge in [0, 0.05) is 25.8 Å². The number of nitrogens with one attached hydrogen (secondary N) is 1. The van der Waals surface area contributed by atoms with Crippen molar-refractivity contribution >= 4 is 17.5 Å². The fourth-order valence-electron chi connectivity index (χ4n) is 3.26. The van der Waals surface area contributed by atoms with Gasteiger partial charge in [0.2, 0.25) is 11.9 Å². The summed E-state index contributed by atoms with van der Waals surface area (Å²) in [6, 6.07) is 2.30. The molecular formula is C18H24F3N5O. The Balaban J connectivity index is 1.75. The molecule has 1 amide bonds. The van der Waals surface area contributed by atoms with E-state index in [-0.39, 0.29) is 11.8 Å². The Hall–Kier alpha value is -2.32. The maximum absolute atomic E-state index is 13.0. The lowest BCUT2D eigenvalue weighted by Gasteiger charge is -2.32. The van der Waals surface area contributed by atoms with Crippen LogP contribution in [0.15, 0.2) is 18.3 Å². The average Bonchev–Trinajstić information content (AvgIpc) is 3.04. The summed E-state index contributed by atoms with van der Waals surface area (Å²) >= 11 is 0. The van der Waals surface area contributed by atoms with Gasteiger partial charge in [-0.1, -0.05) is 13.8 Å². The first-order valence-corrected chi connectivity index (χ1v) is 9.20. The molecule has 3 rings (SSSR count). The third kappa shape index (κ3) is 4.51. The molecular weight excluding hydrogens is 359 g/mol. The predicted octanol–water partition coefficient (Wildman–Crippen LogP) is 3.13. The lowest BCUT2D eigenvalue weighted by molar-refractivity contribution is -0.137. The van der Waals surface area contributed by atoms with Gasteiger partial charge in [0.05, 0.1) is 11.5 Å². The van der Waals surface area contributed by atoms with Gasteiger partial charge < -0.3 is 10.2 Å². The number of carbonyl (C=O) groups excluding carboxylic acids is 1. The largest absolute Gasteiger partial charge is 0.417 e. The molecule has 2 aromatic heterocycles. The molecule has 1 N–H and O–H groups in total. The van der Waals surface area contributed by atoms with Crippen LogP contribution in [-0.2, 0) is 11.0 Å². The molecule has 0 aromatic carbocycles. The van der Waals surface area contributed by atoms with E-state index in [0.29, 0.717) is 37.1 Å². The SMILES string of the molecule is CC(C)CCNC(=O)[C@@H]1CCCN(c2nnc3ccc(C(F)(F)F)cn23)C1. The van der Waals surface area contributed by atoms with Crippen LogP contribution < -0.4 is 10.2 Å². The summed E-state index contributed by atoms with van der Waals surface area (Å²) in [4.78, 5) is 14.3. The molecule has 148 valence electrons. The van der Waals surface area contributed by atoms with E-state index in [1.54, 1.807) is 0 Å². The van der Waals surface area contributed by atoms with Crippen LogP contribution in [0.5, 0.6) is 0 Å². The molecule has 0 aliphatic carbocycles. The van der Waals surface area contributed by atoms with Crippen molar-refractivity contribution in [3.05, 3.63) is 23.9 Å². The second-order valence-corrected chi connectivity index (χ2v) is 7.40. The molecule has 2 aromatic rings. The number of amides is 1. The molecule has 0 spiro atoms. The number of carbonyl (C=O) groups is 1. The maximum Gasteiger partial charge on any atom is 0.417 e. The van der Waals surface area contributed by atoms with E-state index in [9.17, 15) is 18.0 Å². The first-order valence-electron chi connectivity index (χ1n) is 9.20. The van der Waals surface area contributed by atoms with Crippen LogP contribution in [0, 0.1) is 11.8 Å². The second kappa shape index (κ2) is 7.74. The highest BCUT2D eigenvalue weighted by atomic mass is 19.4. The van der Waals surface area contributed by atoms with E-state index < -0.39 is 11.7 Å². The lowest BCUT2D eigenvalue weighted by atomic mass is 9.97. The Morgan fingerprint density at radius 1 is 1.33 bits per heavy atom. The second-order valence-electron chi connectivity index (χ2n) is 7.40. The van der Waals surface area contributed by atoms with Crippen molar-refractivity contribution in [2.24, 2.45) is 11.8 Å². The van der Waals surface area contributed by atoms with E-state index in [0.717, 1.165) is 31.5 Å². The van der Waals surface area contributed by atoms with E-state index in [2.05, 4.69) is 29.4 Å². The van der Waals surface area contributed by atoms with Crippen LogP contribution in [0.4, 0.5) is 19.1 Å². The molecule has 0 saturated carbocycles. The highest BCUT2D eigenvalue weighted by Crippen LogP contribution is 2.30. The number of nitrogens with zero attached hydrogens (tertiary/aromatic N) is 4. The summed E-state index contributed by atoms with van der Waals surface area (Å²) in [6.07, 6.45) is -0.977. The summed E-state index contributed by atoms with van der Waals surface area (Å²) in [7, 11) is 0. The van der Waals surface area contributed by atoms with Crippen LogP contribution >= 0.6 is 0 Å². The van der Waals surface area contributed by atoms with Gasteiger partial charge in [0.25, 0.3) is 0 Å². The number of rotatable bonds is 5. The minimum Gasteiger partial charge on any atom is -0.356 e. The Kier molecular flexibility index (Phi) is 5.57. The van der Waals surface area contributed by atoms with Crippen LogP contribution in [0.25, 0.3) is 5.65 Å². The molecule has 1 fully saturated rings. The average molecular weight is 383 g/mol. The Bertz CT molecular complexity index is 802. The molecule has 1 atom stereocenters. The number of halogens is 3. The predicted molar refractivity (Wildman–Crippen MR) is 95.4 cm³/mol. The highest BCUT2D eigenvalue weighted by molar-refractivity contribution is 5.79. The Morgan fingerprint density at radius 3 is 2.81 bits per heavy atom. The van der Waals surface area contributed by atoms with Gasteiger partial charge in [-0.05, 0) is 37.3 Å². The number of anilines is 1. The van der Waals surface area contributed by atoms with Crippen LogP contribution in [-0.4, -0.2) is 40.1 Å². The van der Waals surface area contributed by atoms with Crippen molar-refractivity contribution in [2.45, 2.75) is 39.3 Å². The summed E-state index contributed by atoms with van der Waals surface area (Å²) < 4.78 is 40.4. The molecule has 0 unspecified atom stereocenters. The fourth-order valence-corrected chi connectivity index (χ4v) is 3.26. The zero-order valence-electron chi connectivity index (χ0n) is 15.5. The number of hydrogen-bond acceptors (Lipinski definition) is 4. The zero-order valence-corrected chi connectivity index (χ0v) is 15.5. The summed E-state index contributed by atoms with van der Waals surface area (Å²) in [6.45, 7) is 5.88. The van der Waals surface area contributed by atoms with Gasteiger partial charge in [-0.15, -0.1) is 10.2 Å². The van der Waals surface area contributed by atoms with Gasteiger partial charge in [0.1, 0.15) is 0 Å². The van der Waals surface area contributed by atoms with Gasteiger partial charge >= 0.3 is 6.18 Å². The topological polar surface area (TPSA) is 62.5 Å². The number of hydrogen-bond donors (Lipinski definition) is 1. The quantitative estimate of drug-likeness (QED) is 0.862. The van der Waals surface area contributed by atoms with Crippen molar-refractivity contribution in [3.63, 3.8) is 0 Å². The van der Waals surface area contributed by atoms with Gasteiger partial charge in [-0.25, -0.2) is 0 Å². The number of fused-ring (bicyclic) bond motifs is 1. The maximum atomic E-state index is 13.0. The molecule has 9 heteroatoms. The number of pyridine rings is 1. The van der Waals surface area contributed by atoms with E-state index >= 15 is 0 Å². The summed E-state index contributed by atoms with van der Waals surface area (Å²) in [5, 5.41) is 11.0. The minimum atomic E-state index is -4.43. The summed E-state index contributed by atoms with van der Waals surface area (Å²) in [5.41, 5.74) is -0.405. The molecule has 1 saturated heterocycles. The number of piperidine rings is 1. The molecule has 6 nitrogen and oxygen atoms in total. The Morgan fingerprint density at radius 2 is 2.11 bits per heavy atom. The van der Waals surface area contributed by atoms with Crippen LogP contribution in [0.1, 0.15) is 38.7 Å². The molecule has 0 bridgehead atoms. The monoisotopic (exact) mass is 383 g/mol. The van der Waals surface area contributed by atoms with Gasteiger partial charge in [0.15, 0.2) is 5.65 Å². The van der Waals surface area contributed by atoms with E-state index in [4.69, 9.17) is 0 Å². The smallest absolute Gasteiger partial charge is 0.356 e. The molecule has 27 heavy (non-hydrogen) atoms. The molecule has 1 aliphatic heterocycles. The first kappa shape index (κ1) is 19.4. The number of alkyl halides is 3. The molecule has 3 heterocycles. The molecule has 0 radical (unpaired) electrons. The van der Waals surface area contributed by atoms with Crippen molar-refractivity contribution in [2.75, 3.05) is 24.5 Å². The van der Waals surface area contributed by atoms with Crippen molar-refractivity contribution < 1.29 is 18.0 Å². The standard InChI is InChI=1S/C18H24F3N5O/c1-12(2)7-8-22-16(27)13-4-3-9-25(10-13)17-24-23-15-6-5-14(11-26(15)17)18(19,20)21/h5-6,11-13H,3-4,7-10H2,1-2H3,(H,22,27)/t13-/m1/s1. The third-order valence-corrected chi connectivity index (χ3v) is 4.81. The minimum absolute atomic E-state index is 0.00912. The fraction of sp³-hybridized carbons (Fsp3) is 0.611. The van der Waals surface area contributed by atoms with Crippen molar-refractivity contribution in [3.8, 4) is 0 Å². The first-order chi connectivity index (χ1) is 12.8.